The predicted molar refractivity (Wildman–Crippen MR) is 182 cm³/mol. The van der Waals surface area contributed by atoms with Crippen LogP contribution in [0.4, 0.5) is 0 Å². The molecule has 2 N–H and O–H groups in total. The smallest absolute Gasteiger partial charge is 0.0462 e. The Balaban J connectivity index is 1.07. The van der Waals surface area contributed by atoms with Gasteiger partial charge in [-0.1, -0.05) is 113 Å². The summed E-state index contributed by atoms with van der Waals surface area (Å²) in [6.07, 6.45) is 22.2. The van der Waals surface area contributed by atoms with Crippen LogP contribution in [0.2, 0.25) is 0 Å². The minimum Gasteiger partial charge on any atom is -0.358 e. The quantitative estimate of drug-likeness (QED) is 0.175. The summed E-state index contributed by atoms with van der Waals surface area (Å²) in [6.45, 7) is 0. The molecule has 2 heterocycles. The van der Waals surface area contributed by atoms with E-state index in [1.54, 1.807) is 0 Å². The minimum absolute atomic E-state index is 0.968. The highest BCUT2D eigenvalue weighted by Gasteiger charge is 2.16. The van der Waals surface area contributed by atoms with Crippen molar-refractivity contribution in [3.05, 3.63) is 72.1 Å². The van der Waals surface area contributed by atoms with Gasteiger partial charge in [-0.15, -0.1) is 0 Å². The number of hydrogen-bond donors (Lipinski definition) is 2. The normalized spacial score (nSPS) is 17.4. The third kappa shape index (κ3) is 5.01. The first-order valence-electron chi connectivity index (χ1n) is 17.2. The zero-order valence-corrected chi connectivity index (χ0v) is 25.2. The van der Waals surface area contributed by atoms with E-state index in [9.17, 15) is 0 Å². The molecule has 0 saturated heterocycles. The summed E-state index contributed by atoms with van der Waals surface area (Å²) in [5.41, 5.74) is 5.35. The van der Waals surface area contributed by atoms with Gasteiger partial charge in [0, 0.05) is 33.2 Å². The zero-order chi connectivity index (χ0) is 27.9. The SMILES string of the molecule is c1cc2c(ccc3c4ccc5[nH]c(CCCC6CCCCC6)cc5c4ccc23)c2cc(CCCC3CCCCC3)[nH]c12. The highest BCUT2D eigenvalue weighted by atomic mass is 14.7. The van der Waals surface area contributed by atoms with Crippen molar-refractivity contribution in [2.24, 2.45) is 11.8 Å². The third-order valence-corrected chi connectivity index (χ3v) is 11.1. The molecule has 2 aliphatic rings. The predicted octanol–water partition coefficient (Wildman–Crippen LogP) is 11.9. The second kappa shape index (κ2) is 11.4. The Bertz CT molecular complexity index is 1720. The highest BCUT2D eigenvalue weighted by Crippen LogP contribution is 2.38. The van der Waals surface area contributed by atoms with Crippen LogP contribution in [0.3, 0.4) is 0 Å². The molecule has 2 aliphatic carbocycles. The number of rotatable bonds is 8. The monoisotopic (exact) mass is 554 g/mol. The number of benzene rings is 4. The van der Waals surface area contributed by atoms with Gasteiger partial charge in [-0.25, -0.2) is 0 Å². The third-order valence-electron chi connectivity index (χ3n) is 11.1. The topological polar surface area (TPSA) is 31.6 Å². The van der Waals surface area contributed by atoms with E-state index in [2.05, 4.69) is 70.6 Å². The van der Waals surface area contributed by atoms with Crippen molar-refractivity contribution in [2.45, 2.75) is 103 Å². The summed E-state index contributed by atoms with van der Waals surface area (Å²) in [4.78, 5) is 7.51. The molecule has 0 radical (unpaired) electrons. The van der Waals surface area contributed by atoms with Gasteiger partial charge in [0.1, 0.15) is 0 Å². The van der Waals surface area contributed by atoms with E-state index < -0.39 is 0 Å². The highest BCUT2D eigenvalue weighted by molar-refractivity contribution is 6.24. The summed E-state index contributed by atoms with van der Waals surface area (Å²) in [6, 6.07) is 23.7. The molecule has 0 atom stereocenters. The molecule has 2 fully saturated rings. The van der Waals surface area contributed by atoms with E-state index in [1.807, 2.05) is 0 Å². The summed E-state index contributed by atoms with van der Waals surface area (Å²) >= 11 is 0. The molecular formula is C40H46N2. The van der Waals surface area contributed by atoms with E-state index in [0.717, 1.165) is 11.8 Å². The van der Waals surface area contributed by atoms with Gasteiger partial charge in [-0.2, -0.15) is 0 Å². The van der Waals surface area contributed by atoms with Gasteiger partial charge in [-0.05, 0) is 94.1 Å². The lowest BCUT2D eigenvalue weighted by molar-refractivity contribution is 0.332. The average Bonchev–Trinajstić information content (AvgIpc) is 3.65. The molecule has 4 aromatic carbocycles. The van der Waals surface area contributed by atoms with E-state index in [4.69, 9.17) is 0 Å². The minimum atomic E-state index is 0.968. The average molecular weight is 555 g/mol. The molecule has 2 nitrogen and oxygen atoms in total. The van der Waals surface area contributed by atoms with Crippen molar-refractivity contribution >= 4 is 54.1 Å². The second-order valence-electron chi connectivity index (χ2n) is 13.9. The van der Waals surface area contributed by atoms with E-state index in [-0.39, 0.29) is 0 Å². The number of fused-ring (bicyclic) bond motifs is 9. The Morgan fingerprint density at radius 1 is 0.429 bits per heavy atom. The van der Waals surface area contributed by atoms with Crippen LogP contribution < -0.4 is 0 Å². The number of aromatic amines is 2. The number of nitrogens with one attached hydrogen (secondary N) is 2. The van der Waals surface area contributed by atoms with Crippen molar-refractivity contribution in [1.29, 1.82) is 0 Å². The lowest BCUT2D eigenvalue weighted by Gasteiger charge is -2.21. The molecule has 0 aliphatic heterocycles. The molecule has 0 bridgehead atoms. The van der Waals surface area contributed by atoms with Crippen molar-refractivity contribution in [2.75, 3.05) is 0 Å². The van der Waals surface area contributed by atoms with Gasteiger partial charge in [0.2, 0.25) is 0 Å². The molecule has 2 heteroatoms. The van der Waals surface area contributed by atoms with Crippen LogP contribution in [-0.4, -0.2) is 9.97 Å². The molecular weight excluding hydrogens is 508 g/mol. The van der Waals surface area contributed by atoms with Crippen molar-refractivity contribution in [3.8, 4) is 0 Å². The van der Waals surface area contributed by atoms with E-state index in [0.29, 0.717) is 0 Å². The summed E-state index contributed by atoms with van der Waals surface area (Å²) in [5.74, 6) is 1.94. The molecule has 0 amide bonds. The van der Waals surface area contributed by atoms with Crippen molar-refractivity contribution < 1.29 is 0 Å². The number of H-pyrrole nitrogens is 2. The van der Waals surface area contributed by atoms with Crippen LogP contribution in [0.15, 0.2) is 60.7 Å². The Morgan fingerprint density at radius 3 is 1.19 bits per heavy atom. The molecule has 8 rings (SSSR count). The van der Waals surface area contributed by atoms with Crippen molar-refractivity contribution in [3.63, 3.8) is 0 Å². The van der Waals surface area contributed by atoms with Gasteiger partial charge in [0.05, 0.1) is 0 Å². The van der Waals surface area contributed by atoms with Gasteiger partial charge in [0.25, 0.3) is 0 Å². The fourth-order valence-electron chi connectivity index (χ4n) is 8.76. The van der Waals surface area contributed by atoms with Crippen molar-refractivity contribution in [1.82, 2.24) is 9.97 Å². The first-order chi connectivity index (χ1) is 20.8. The van der Waals surface area contributed by atoms with Crippen LogP contribution in [0.5, 0.6) is 0 Å². The molecule has 42 heavy (non-hydrogen) atoms. The lowest BCUT2D eigenvalue weighted by atomic mass is 9.85. The Kier molecular flexibility index (Phi) is 7.18. The molecule has 2 aromatic heterocycles. The second-order valence-corrected chi connectivity index (χ2v) is 13.9. The Morgan fingerprint density at radius 2 is 0.786 bits per heavy atom. The number of hydrogen-bond acceptors (Lipinski definition) is 0. The standard InChI is InChI=1S/C40H46N2/c1-3-9-27(10-4-1)13-7-15-29-25-37-35-19-17-32-31(33(35)21-23-39(37)41-29)18-20-36-34(32)22-24-40-38(36)26-30(42-40)16-8-14-28-11-5-2-6-12-28/h17-28,41-42H,1-16H2. The Hall–Kier alpha value is -3.26. The fraction of sp³-hybridized carbons (Fsp3) is 0.450. The molecule has 2 saturated carbocycles. The fourth-order valence-corrected chi connectivity index (χ4v) is 8.76. The van der Waals surface area contributed by atoms with Crippen LogP contribution in [0.1, 0.15) is 101 Å². The van der Waals surface area contributed by atoms with Gasteiger partial charge in [-0.3, -0.25) is 0 Å². The summed E-state index contributed by atoms with van der Waals surface area (Å²) in [7, 11) is 0. The van der Waals surface area contributed by atoms with Gasteiger partial charge in [0.15, 0.2) is 0 Å². The molecule has 216 valence electrons. The maximum Gasteiger partial charge on any atom is 0.0462 e. The molecule has 0 unspecified atom stereocenters. The number of aryl methyl sites for hydroxylation is 2. The zero-order valence-electron chi connectivity index (χ0n) is 25.2. The van der Waals surface area contributed by atoms with E-state index in [1.165, 1.54) is 168 Å². The van der Waals surface area contributed by atoms with Crippen LogP contribution >= 0.6 is 0 Å². The number of aromatic nitrogens is 2. The summed E-state index contributed by atoms with van der Waals surface area (Å²) < 4.78 is 0. The van der Waals surface area contributed by atoms with Crippen LogP contribution in [0.25, 0.3) is 54.1 Å². The summed E-state index contributed by atoms with van der Waals surface area (Å²) in [5, 5.41) is 11.0. The van der Waals surface area contributed by atoms with Gasteiger partial charge < -0.3 is 9.97 Å². The first kappa shape index (κ1) is 26.4. The largest absolute Gasteiger partial charge is 0.358 e. The maximum absolute atomic E-state index is 3.76. The van der Waals surface area contributed by atoms with E-state index >= 15 is 0 Å². The molecule has 6 aromatic rings. The first-order valence-corrected chi connectivity index (χ1v) is 17.2. The maximum atomic E-state index is 3.76. The lowest BCUT2D eigenvalue weighted by Crippen LogP contribution is -2.06. The Labute approximate surface area is 250 Å². The molecule has 0 spiro atoms. The van der Waals surface area contributed by atoms with Crippen LogP contribution in [-0.2, 0) is 12.8 Å². The van der Waals surface area contributed by atoms with Crippen LogP contribution in [0, 0.1) is 11.8 Å². The van der Waals surface area contributed by atoms with Gasteiger partial charge >= 0.3 is 0 Å².